The molecule has 9 nitrogen and oxygen atoms in total. The fraction of sp³-hybridized carbons (Fsp3) is 0.591. The number of rotatable bonds is 5. The van der Waals surface area contributed by atoms with Crippen molar-refractivity contribution < 1.29 is 28.6 Å². The number of nitrogens with one attached hydrogen (secondary N) is 1. The van der Waals surface area contributed by atoms with Crippen molar-refractivity contribution in [1.29, 1.82) is 0 Å². The van der Waals surface area contributed by atoms with E-state index in [0.717, 1.165) is 0 Å². The summed E-state index contributed by atoms with van der Waals surface area (Å²) in [5.74, 6) is 0.517. The van der Waals surface area contributed by atoms with E-state index in [2.05, 4.69) is 5.32 Å². The molecule has 0 bridgehead atoms. The zero-order valence-electron chi connectivity index (χ0n) is 18.8. The average molecular weight is 434 g/mol. The second-order valence-electron chi connectivity index (χ2n) is 8.86. The smallest absolute Gasteiger partial charge is 0.407 e. The number of alkyl carbamates (subject to hydrolysis) is 1. The van der Waals surface area contributed by atoms with E-state index in [1.165, 1.54) is 7.11 Å². The summed E-state index contributed by atoms with van der Waals surface area (Å²) in [6.45, 7) is 6.68. The first-order valence-corrected chi connectivity index (χ1v) is 10.4. The number of hydrogen-bond donors (Lipinski definition) is 1. The monoisotopic (exact) mass is 433 g/mol. The molecule has 0 aromatic heterocycles. The van der Waals surface area contributed by atoms with Crippen LogP contribution < -0.4 is 19.7 Å². The third kappa shape index (κ3) is 5.39. The third-order valence-corrected chi connectivity index (χ3v) is 5.37. The first-order chi connectivity index (χ1) is 14.6. The van der Waals surface area contributed by atoms with E-state index in [0.29, 0.717) is 43.2 Å². The van der Waals surface area contributed by atoms with Crippen molar-refractivity contribution in [3.63, 3.8) is 0 Å². The van der Waals surface area contributed by atoms with E-state index in [4.69, 9.17) is 14.2 Å². The Labute approximate surface area is 182 Å². The van der Waals surface area contributed by atoms with Crippen LogP contribution >= 0.6 is 0 Å². The molecular weight excluding hydrogens is 402 g/mol. The van der Waals surface area contributed by atoms with Gasteiger partial charge in [0.25, 0.3) is 0 Å². The Balaban J connectivity index is 1.59. The lowest BCUT2D eigenvalue weighted by molar-refractivity contribution is -0.134. The summed E-state index contributed by atoms with van der Waals surface area (Å²) in [6, 6.07) is 5.10. The van der Waals surface area contributed by atoms with E-state index in [-0.39, 0.29) is 24.3 Å². The molecule has 1 N–H and O–H groups in total. The Hall–Kier alpha value is -2.97. The number of hydrogen-bond acceptors (Lipinski definition) is 6. The maximum absolute atomic E-state index is 13.0. The number of anilines is 1. The highest BCUT2D eigenvalue weighted by Crippen LogP contribution is 2.34. The molecule has 2 fully saturated rings. The maximum atomic E-state index is 13.0. The van der Waals surface area contributed by atoms with E-state index >= 15 is 0 Å². The highest BCUT2D eigenvalue weighted by molar-refractivity contribution is 6.00. The van der Waals surface area contributed by atoms with Crippen LogP contribution in [0.2, 0.25) is 0 Å². The van der Waals surface area contributed by atoms with Gasteiger partial charge in [0.2, 0.25) is 11.8 Å². The molecule has 0 spiro atoms. The van der Waals surface area contributed by atoms with E-state index in [1.54, 1.807) is 55.9 Å². The Morgan fingerprint density at radius 3 is 2.45 bits per heavy atom. The summed E-state index contributed by atoms with van der Waals surface area (Å²) in [7, 11) is 3.09. The van der Waals surface area contributed by atoms with Crippen LogP contribution in [0.15, 0.2) is 18.2 Å². The standard InChI is InChI=1S/C22H31N3O6/c1-22(2,3)31-21(28)23-15-8-9-24(13-15)20(27)14-10-19(26)25(12-14)16-6-7-17(29-4)18(11-16)30-5/h6-7,11,14-15H,8-10,12-13H2,1-5H3,(H,23,28)/t14-,15+/m1/s1. The Morgan fingerprint density at radius 1 is 1.10 bits per heavy atom. The summed E-state index contributed by atoms with van der Waals surface area (Å²) in [4.78, 5) is 40.9. The van der Waals surface area contributed by atoms with Crippen molar-refractivity contribution in [3.8, 4) is 11.5 Å². The van der Waals surface area contributed by atoms with E-state index in [1.807, 2.05) is 0 Å². The molecular formula is C22H31N3O6. The summed E-state index contributed by atoms with van der Waals surface area (Å²) in [6.07, 6.45) is 0.335. The lowest BCUT2D eigenvalue weighted by Gasteiger charge is -2.23. The summed E-state index contributed by atoms with van der Waals surface area (Å²) < 4.78 is 15.8. The van der Waals surface area contributed by atoms with Gasteiger partial charge in [-0.15, -0.1) is 0 Å². The van der Waals surface area contributed by atoms with Gasteiger partial charge in [-0.25, -0.2) is 4.79 Å². The number of nitrogens with zero attached hydrogens (tertiary/aromatic N) is 2. The number of carbonyl (C=O) groups excluding carboxylic acids is 3. The van der Waals surface area contributed by atoms with Crippen LogP contribution in [-0.4, -0.2) is 68.3 Å². The van der Waals surface area contributed by atoms with E-state index < -0.39 is 17.6 Å². The first-order valence-electron chi connectivity index (χ1n) is 10.4. The van der Waals surface area contributed by atoms with Gasteiger partial charge in [0.15, 0.2) is 11.5 Å². The molecule has 0 unspecified atom stereocenters. The third-order valence-electron chi connectivity index (χ3n) is 5.37. The van der Waals surface area contributed by atoms with Gasteiger partial charge >= 0.3 is 6.09 Å². The summed E-state index contributed by atoms with van der Waals surface area (Å²) >= 11 is 0. The topological polar surface area (TPSA) is 97.4 Å². The lowest BCUT2D eigenvalue weighted by atomic mass is 10.1. The van der Waals surface area contributed by atoms with Crippen molar-refractivity contribution in [2.45, 2.75) is 45.3 Å². The number of likely N-dealkylation sites (tertiary alicyclic amines) is 1. The van der Waals surface area contributed by atoms with Crippen LogP contribution in [0.3, 0.4) is 0 Å². The van der Waals surface area contributed by atoms with Crippen molar-refractivity contribution in [3.05, 3.63) is 18.2 Å². The molecule has 2 aliphatic rings. The van der Waals surface area contributed by atoms with Crippen molar-refractivity contribution >= 4 is 23.6 Å². The molecule has 3 amide bonds. The van der Waals surface area contributed by atoms with Gasteiger partial charge in [0.1, 0.15) is 5.60 Å². The van der Waals surface area contributed by atoms with Crippen LogP contribution in [0.1, 0.15) is 33.6 Å². The normalized spacial score (nSPS) is 21.3. The SMILES string of the molecule is COc1ccc(N2C[C@H](C(=O)N3CC[C@H](NC(=O)OC(C)(C)C)C3)CC2=O)cc1OC. The first kappa shape index (κ1) is 22.7. The van der Waals surface area contributed by atoms with E-state index in [9.17, 15) is 14.4 Å². The largest absolute Gasteiger partial charge is 0.493 e. The number of benzene rings is 1. The van der Waals surface area contributed by atoms with Crippen LogP contribution in [0.25, 0.3) is 0 Å². The lowest BCUT2D eigenvalue weighted by Crippen LogP contribution is -2.42. The molecule has 0 saturated carbocycles. The van der Waals surface area contributed by atoms with Gasteiger partial charge in [-0.3, -0.25) is 9.59 Å². The van der Waals surface area contributed by atoms with Crippen LogP contribution in [0.5, 0.6) is 11.5 Å². The average Bonchev–Trinajstić information content (AvgIpc) is 3.32. The zero-order valence-corrected chi connectivity index (χ0v) is 18.8. The Kier molecular flexibility index (Phi) is 6.62. The predicted molar refractivity (Wildman–Crippen MR) is 114 cm³/mol. The molecule has 1 aromatic rings. The van der Waals surface area contributed by atoms with Crippen molar-refractivity contribution in [2.75, 3.05) is 38.8 Å². The van der Waals surface area contributed by atoms with Crippen molar-refractivity contribution in [1.82, 2.24) is 10.2 Å². The molecule has 2 atom stereocenters. The van der Waals surface area contributed by atoms with Gasteiger partial charge in [0.05, 0.1) is 26.2 Å². The number of amides is 3. The molecule has 2 saturated heterocycles. The number of methoxy groups -OCH3 is 2. The van der Waals surface area contributed by atoms with Gasteiger partial charge in [0, 0.05) is 37.8 Å². The second kappa shape index (κ2) is 9.03. The van der Waals surface area contributed by atoms with Crippen molar-refractivity contribution in [2.24, 2.45) is 5.92 Å². The van der Waals surface area contributed by atoms with Gasteiger partial charge in [-0.1, -0.05) is 0 Å². The van der Waals surface area contributed by atoms with Crippen LogP contribution in [0.4, 0.5) is 10.5 Å². The Morgan fingerprint density at radius 2 is 1.81 bits per heavy atom. The quantitative estimate of drug-likeness (QED) is 0.765. The van der Waals surface area contributed by atoms with Crippen LogP contribution in [0, 0.1) is 5.92 Å². The summed E-state index contributed by atoms with van der Waals surface area (Å²) in [5, 5.41) is 2.82. The molecule has 2 heterocycles. The predicted octanol–water partition coefficient (Wildman–Crippen LogP) is 2.18. The minimum Gasteiger partial charge on any atom is -0.493 e. The second-order valence-corrected chi connectivity index (χ2v) is 8.86. The van der Waals surface area contributed by atoms with Gasteiger partial charge < -0.3 is 29.3 Å². The van der Waals surface area contributed by atoms with Gasteiger partial charge in [-0.2, -0.15) is 0 Å². The fourth-order valence-electron chi connectivity index (χ4n) is 3.93. The van der Waals surface area contributed by atoms with Crippen LogP contribution in [-0.2, 0) is 14.3 Å². The minimum absolute atomic E-state index is 0.0650. The molecule has 170 valence electrons. The minimum atomic E-state index is -0.573. The zero-order chi connectivity index (χ0) is 22.8. The van der Waals surface area contributed by atoms with Gasteiger partial charge in [-0.05, 0) is 39.3 Å². The molecule has 9 heteroatoms. The Bertz CT molecular complexity index is 850. The number of ether oxygens (including phenoxy) is 3. The molecule has 0 aliphatic carbocycles. The highest BCUT2D eigenvalue weighted by Gasteiger charge is 2.39. The molecule has 31 heavy (non-hydrogen) atoms. The maximum Gasteiger partial charge on any atom is 0.407 e. The highest BCUT2D eigenvalue weighted by atomic mass is 16.6. The molecule has 1 aromatic carbocycles. The number of carbonyl (C=O) groups is 3. The molecule has 2 aliphatic heterocycles. The summed E-state index contributed by atoms with van der Waals surface area (Å²) in [5.41, 5.74) is 0.0968. The molecule has 3 rings (SSSR count). The fourth-order valence-corrected chi connectivity index (χ4v) is 3.93. The molecule has 0 radical (unpaired) electrons.